The summed E-state index contributed by atoms with van der Waals surface area (Å²) in [6, 6.07) is 12.4. The molecule has 3 unspecified atom stereocenters. The predicted molar refractivity (Wildman–Crippen MR) is 142 cm³/mol. The van der Waals surface area contributed by atoms with E-state index in [-0.39, 0.29) is 41.0 Å². The van der Waals surface area contributed by atoms with Crippen LogP contribution < -0.4 is 10.5 Å². The summed E-state index contributed by atoms with van der Waals surface area (Å²) in [5.41, 5.74) is 7.28. The Kier molecular flexibility index (Phi) is 9.17. The van der Waals surface area contributed by atoms with E-state index in [0.29, 0.717) is 35.7 Å². The molecule has 2 N–H and O–H groups in total. The fourth-order valence-electron chi connectivity index (χ4n) is 4.29. The number of likely N-dealkylation sites (tertiary alicyclic amines) is 1. The topological polar surface area (TPSA) is 91.7 Å². The first kappa shape index (κ1) is 28.0. The number of nitrogens with zero attached hydrogens (tertiary/aromatic N) is 3. The molecule has 37 heavy (non-hydrogen) atoms. The fourth-order valence-corrected chi connectivity index (χ4v) is 4.29. The van der Waals surface area contributed by atoms with Crippen LogP contribution in [0.5, 0.6) is 5.75 Å². The molecule has 0 radical (unpaired) electrons. The highest BCUT2D eigenvalue weighted by molar-refractivity contribution is 6.27. The molecular formula is C29H34F2N4O2. The number of Topliss-reactive ketones (excluding diaryl/α,β-unsaturated/α-hetero) is 1. The standard InChI is InChI=1S/C29H34F2N4O2/c1-17(2)18(3)29(35-13-12-26(33)25(31)16-35)34-28(21-6-7-22(15-32)24(30)14-21)27(19(4)36)20-8-10-23(37-5)11-9-20/h6-11,14,17-18,25-26H,12-13,16,33H2,1-5H3. The van der Waals surface area contributed by atoms with Gasteiger partial charge in [0.2, 0.25) is 0 Å². The molecule has 2 aromatic carbocycles. The van der Waals surface area contributed by atoms with Crippen molar-refractivity contribution in [2.45, 2.75) is 46.3 Å². The molecule has 0 saturated carbocycles. The maximum atomic E-state index is 14.8. The van der Waals surface area contributed by atoms with Crippen LogP contribution in [0.3, 0.4) is 0 Å². The first-order chi connectivity index (χ1) is 17.6. The Labute approximate surface area is 217 Å². The molecule has 1 saturated heterocycles. The van der Waals surface area contributed by atoms with Gasteiger partial charge in [-0.25, -0.2) is 13.8 Å². The molecule has 1 aliphatic heterocycles. The number of hydrogen-bond donors (Lipinski definition) is 1. The van der Waals surface area contributed by atoms with Crippen molar-refractivity contribution >= 4 is 22.9 Å². The van der Waals surface area contributed by atoms with Crippen molar-refractivity contribution in [1.82, 2.24) is 4.90 Å². The molecule has 196 valence electrons. The molecule has 1 aliphatic rings. The van der Waals surface area contributed by atoms with Crippen molar-refractivity contribution in [1.29, 1.82) is 5.26 Å². The van der Waals surface area contributed by atoms with Gasteiger partial charge in [-0.3, -0.25) is 4.79 Å². The van der Waals surface area contributed by atoms with Gasteiger partial charge in [-0.2, -0.15) is 5.26 Å². The molecule has 0 aromatic heterocycles. The number of alkyl halides is 1. The maximum absolute atomic E-state index is 14.8. The molecule has 1 fully saturated rings. The van der Waals surface area contributed by atoms with E-state index in [9.17, 15) is 18.8 Å². The lowest BCUT2D eigenvalue weighted by Gasteiger charge is -2.38. The number of ether oxygens (including phenoxy) is 1. The summed E-state index contributed by atoms with van der Waals surface area (Å²) < 4.78 is 34.7. The molecule has 6 nitrogen and oxygen atoms in total. The molecule has 1 heterocycles. The molecule has 2 aromatic rings. The van der Waals surface area contributed by atoms with E-state index < -0.39 is 18.0 Å². The summed E-state index contributed by atoms with van der Waals surface area (Å²) in [6.07, 6.45) is -0.750. The second kappa shape index (κ2) is 12.1. The number of carbonyl (C=O) groups is 1. The van der Waals surface area contributed by atoms with Crippen LogP contribution in [-0.2, 0) is 4.79 Å². The van der Waals surface area contributed by atoms with E-state index in [1.54, 1.807) is 37.4 Å². The number of allylic oxidation sites excluding steroid dienone is 1. The molecule has 3 rings (SSSR count). The zero-order chi connectivity index (χ0) is 27.3. The zero-order valence-electron chi connectivity index (χ0n) is 22.0. The van der Waals surface area contributed by atoms with Crippen LogP contribution in [0.25, 0.3) is 11.3 Å². The van der Waals surface area contributed by atoms with Crippen LogP contribution in [0, 0.1) is 29.0 Å². The lowest BCUT2D eigenvalue weighted by Crippen LogP contribution is -2.52. The van der Waals surface area contributed by atoms with Gasteiger partial charge in [-0.05, 0) is 49.1 Å². The minimum atomic E-state index is -1.22. The van der Waals surface area contributed by atoms with E-state index >= 15 is 0 Å². The number of benzene rings is 2. The van der Waals surface area contributed by atoms with Gasteiger partial charge in [0.1, 0.15) is 29.6 Å². The number of halogens is 2. The summed E-state index contributed by atoms with van der Waals surface area (Å²) in [4.78, 5) is 20.0. The molecule has 0 spiro atoms. The fraction of sp³-hybridized carbons (Fsp3) is 0.414. The minimum Gasteiger partial charge on any atom is -0.497 e. The Bertz CT molecular complexity index is 1230. The Morgan fingerprint density at radius 1 is 1.19 bits per heavy atom. The second-order valence-corrected chi connectivity index (χ2v) is 9.73. The molecule has 8 heteroatoms. The third-order valence-corrected chi connectivity index (χ3v) is 6.88. The Morgan fingerprint density at radius 3 is 2.35 bits per heavy atom. The number of rotatable bonds is 7. The lowest BCUT2D eigenvalue weighted by molar-refractivity contribution is -0.111. The van der Waals surface area contributed by atoms with Crippen molar-refractivity contribution < 1.29 is 18.3 Å². The normalized spacial score (nSPS) is 19.8. The molecular weight excluding hydrogens is 474 g/mol. The largest absolute Gasteiger partial charge is 0.497 e. The summed E-state index contributed by atoms with van der Waals surface area (Å²) >= 11 is 0. The van der Waals surface area contributed by atoms with Crippen molar-refractivity contribution in [3.8, 4) is 11.8 Å². The number of nitrogens with two attached hydrogens (primary N) is 1. The number of carbonyl (C=O) groups excluding carboxylic acids is 1. The molecule has 0 bridgehead atoms. The SMILES string of the molecule is COc1ccc(C(C(C)=O)=C(N=C(C(C)C(C)C)N2CCC(N)C(F)C2)c2ccc(C#N)c(F)c2)cc1. The van der Waals surface area contributed by atoms with Crippen LogP contribution in [0.2, 0.25) is 0 Å². The van der Waals surface area contributed by atoms with Gasteiger partial charge in [0.15, 0.2) is 5.78 Å². The van der Waals surface area contributed by atoms with Crippen molar-refractivity contribution in [3.63, 3.8) is 0 Å². The molecule has 0 aliphatic carbocycles. The monoisotopic (exact) mass is 508 g/mol. The summed E-state index contributed by atoms with van der Waals surface area (Å²) in [7, 11) is 1.55. The van der Waals surface area contributed by atoms with Gasteiger partial charge in [-0.1, -0.05) is 39.0 Å². The number of methoxy groups -OCH3 is 1. The summed E-state index contributed by atoms with van der Waals surface area (Å²) in [5.74, 6) is 0.313. The van der Waals surface area contributed by atoms with E-state index in [4.69, 9.17) is 15.5 Å². The number of nitriles is 1. The third-order valence-electron chi connectivity index (χ3n) is 6.88. The van der Waals surface area contributed by atoms with Crippen LogP contribution in [0.15, 0.2) is 47.5 Å². The van der Waals surface area contributed by atoms with Gasteiger partial charge in [-0.15, -0.1) is 0 Å². The van der Waals surface area contributed by atoms with Gasteiger partial charge < -0.3 is 15.4 Å². The Morgan fingerprint density at radius 2 is 1.84 bits per heavy atom. The minimum absolute atomic E-state index is 0.0873. The average molecular weight is 509 g/mol. The predicted octanol–water partition coefficient (Wildman–Crippen LogP) is 5.22. The smallest absolute Gasteiger partial charge is 0.162 e. The lowest BCUT2D eigenvalue weighted by atomic mass is 9.92. The van der Waals surface area contributed by atoms with Crippen LogP contribution in [0.4, 0.5) is 8.78 Å². The highest BCUT2D eigenvalue weighted by Crippen LogP contribution is 2.33. The Hall–Kier alpha value is -3.57. The van der Waals surface area contributed by atoms with Crippen LogP contribution >= 0.6 is 0 Å². The number of hydrogen-bond acceptors (Lipinski definition) is 5. The number of aliphatic imine (C=N–C) groups is 1. The quantitative estimate of drug-likeness (QED) is 0.239. The number of piperidine rings is 1. The van der Waals surface area contributed by atoms with Crippen molar-refractivity contribution in [3.05, 3.63) is 65.0 Å². The average Bonchev–Trinajstić information content (AvgIpc) is 2.87. The van der Waals surface area contributed by atoms with E-state index in [1.165, 1.54) is 19.1 Å². The maximum Gasteiger partial charge on any atom is 0.162 e. The highest BCUT2D eigenvalue weighted by atomic mass is 19.1. The third kappa shape index (κ3) is 6.41. The van der Waals surface area contributed by atoms with E-state index in [2.05, 4.69) is 0 Å². The van der Waals surface area contributed by atoms with Crippen molar-refractivity contribution in [2.24, 2.45) is 22.6 Å². The molecule has 3 atom stereocenters. The van der Waals surface area contributed by atoms with Crippen LogP contribution in [0.1, 0.15) is 50.8 Å². The first-order valence-corrected chi connectivity index (χ1v) is 12.4. The van der Waals surface area contributed by atoms with E-state index in [1.807, 2.05) is 31.7 Å². The second-order valence-electron chi connectivity index (χ2n) is 9.73. The van der Waals surface area contributed by atoms with E-state index in [0.717, 1.165) is 0 Å². The number of ketones is 1. The molecule has 0 amide bonds. The summed E-state index contributed by atoms with van der Waals surface area (Å²) in [5, 5.41) is 9.22. The number of amidine groups is 1. The van der Waals surface area contributed by atoms with Gasteiger partial charge in [0, 0.05) is 24.1 Å². The first-order valence-electron chi connectivity index (χ1n) is 12.4. The zero-order valence-corrected chi connectivity index (χ0v) is 22.0. The Balaban J connectivity index is 2.33. The van der Waals surface area contributed by atoms with Crippen LogP contribution in [-0.4, -0.2) is 48.9 Å². The van der Waals surface area contributed by atoms with Crippen molar-refractivity contribution in [2.75, 3.05) is 20.2 Å². The van der Waals surface area contributed by atoms with Gasteiger partial charge >= 0.3 is 0 Å². The summed E-state index contributed by atoms with van der Waals surface area (Å²) in [6.45, 7) is 8.13. The van der Waals surface area contributed by atoms with Gasteiger partial charge in [0.05, 0.1) is 30.5 Å². The highest BCUT2D eigenvalue weighted by Gasteiger charge is 2.31. The van der Waals surface area contributed by atoms with Gasteiger partial charge in [0.25, 0.3) is 0 Å².